The molecular formula is C18H12FOP. The summed E-state index contributed by atoms with van der Waals surface area (Å²) in [5, 5.41) is 2.33. The van der Waals surface area contributed by atoms with Gasteiger partial charge in [-0.1, -0.05) is 54.6 Å². The molecule has 0 unspecified atom stereocenters. The van der Waals surface area contributed by atoms with Crippen molar-refractivity contribution in [3.8, 4) is 11.1 Å². The topological polar surface area (TPSA) is 17.1 Å². The number of benzene rings is 3. The van der Waals surface area contributed by atoms with E-state index in [0.29, 0.717) is 0 Å². The van der Waals surface area contributed by atoms with Crippen molar-refractivity contribution in [2.75, 3.05) is 0 Å². The summed E-state index contributed by atoms with van der Waals surface area (Å²) in [4.78, 5) is 0. The summed E-state index contributed by atoms with van der Waals surface area (Å²) in [6.45, 7) is 0. The van der Waals surface area contributed by atoms with Crippen LogP contribution in [0.15, 0.2) is 72.8 Å². The van der Waals surface area contributed by atoms with Crippen molar-refractivity contribution < 1.29 is 8.96 Å². The lowest BCUT2D eigenvalue weighted by Gasteiger charge is -2.15. The predicted octanol–water partition coefficient (Wildman–Crippen LogP) is 3.45. The Balaban J connectivity index is 2.13. The molecule has 0 aliphatic carbocycles. The SMILES string of the molecule is O=[P@]1(c2ccccc2)c2ccccc2-c2cc(F)ccc21. The van der Waals surface area contributed by atoms with Crippen LogP contribution in [0.1, 0.15) is 0 Å². The van der Waals surface area contributed by atoms with E-state index in [1.807, 2.05) is 54.6 Å². The van der Waals surface area contributed by atoms with Crippen LogP contribution in [0, 0.1) is 5.82 Å². The molecular weight excluding hydrogens is 282 g/mol. The first-order chi connectivity index (χ1) is 10.2. The standard InChI is InChI=1S/C18H12FOP/c19-13-10-11-18-16(12-13)15-8-4-5-9-17(15)21(18,20)14-6-2-1-3-7-14/h1-12H/t21-/m1/s1. The van der Waals surface area contributed by atoms with Crippen molar-refractivity contribution >= 4 is 23.1 Å². The Hall–Kier alpha value is -2.18. The molecule has 1 atom stereocenters. The molecule has 0 bridgehead atoms. The molecule has 0 saturated carbocycles. The fourth-order valence-electron chi connectivity index (χ4n) is 3.02. The van der Waals surface area contributed by atoms with Crippen LogP contribution >= 0.6 is 7.14 Å². The second-order valence-corrected chi connectivity index (χ2v) is 7.82. The lowest BCUT2D eigenvalue weighted by molar-refractivity contribution is 0.593. The summed E-state index contributed by atoms with van der Waals surface area (Å²) in [5.41, 5.74) is 1.62. The fraction of sp³-hybridized carbons (Fsp3) is 0. The van der Waals surface area contributed by atoms with Gasteiger partial charge in [0.15, 0.2) is 7.14 Å². The van der Waals surface area contributed by atoms with E-state index in [1.54, 1.807) is 6.07 Å². The summed E-state index contributed by atoms with van der Waals surface area (Å²) in [7, 11) is -2.89. The maximum absolute atomic E-state index is 13.8. The highest BCUT2D eigenvalue weighted by atomic mass is 31.2. The van der Waals surface area contributed by atoms with Crippen molar-refractivity contribution in [3.63, 3.8) is 0 Å². The van der Waals surface area contributed by atoms with Gasteiger partial charge in [0.2, 0.25) is 0 Å². The third-order valence-electron chi connectivity index (χ3n) is 3.95. The Labute approximate surface area is 122 Å². The summed E-state index contributed by atoms with van der Waals surface area (Å²) < 4.78 is 27.5. The Morgan fingerprint density at radius 1 is 0.714 bits per heavy atom. The highest BCUT2D eigenvalue weighted by molar-refractivity contribution is 7.86. The maximum Gasteiger partial charge on any atom is 0.172 e. The molecule has 3 heteroatoms. The molecule has 3 aromatic carbocycles. The van der Waals surface area contributed by atoms with E-state index in [0.717, 1.165) is 27.0 Å². The maximum atomic E-state index is 13.8. The number of halogens is 1. The van der Waals surface area contributed by atoms with E-state index in [1.165, 1.54) is 12.1 Å². The van der Waals surface area contributed by atoms with E-state index < -0.39 is 7.14 Å². The average molecular weight is 294 g/mol. The molecule has 0 spiro atoms. The summed E-state index contributed by atoms with van der Waals surface area (Å²) in [6.07, 6.45) is 0. The molecule has 0 radical (unpaired) electrons. The first-order valence-electron chi connectivity index (χ1n) is 6.77. The zero-order chi connectivity index (χ0) is 14.4. The van der Waals surface area contributed by atoms with Crippen LogP contribution in [-0.2, 0) is 4.57 Å². The van der Waals surface area contributed by atoms with Gasteiger partial charge in [-0.15, -0.1) is 0 Å². The molecule has 1 aliphatic heterocycles. The third kappa shape index (κ3) is 1.66. The quantitative estimate of drug-likeness (QED) is 0.491. The molecule has 0 amide bonds. The third-order valence-corrected chi connectivity index (χ3v) is 7.11. The largest absolute Gasteiger partial charge is 0.309 e. The molecule has 4 rings (SSSR count). The molecule has 3 aromatic rings. The minimum atomic E-state index is -2.89. The van der Waals surface area contributed by atoms with Crippen LogP contribution in [0.3, 0.4) is 0 Å². The van der Waals surface area contributed by atoms with Gasteiger partial charge in [0.05, 0.1) is 0 Å². The van der Waals surface area contributed by atoms with Crippen molar-refractivity contribution in [2.24, 2.45) is 0 Å². The summed E-state index contributed by atoms with van der Waals surface area (Å²) in [5.74, 6) is -0.301. The smallest absolute Gasteiger partial charge is 0.172 e. The molecule has 1 nitrogen and oxygen atoms in total. The molecule has 102 valence electrons. The van der Waals surface area contributed by atoms with E-state index >= 15 is 0 Å². The van der Waals surface area contributed by atoms with Crippen LogP contribution < -0.4 is 15.9 Å². The minimum Gasteiger partial charge on any atom is -0.309 e. The zero-order valence-electron chi connectivity index (χ0n) is 11.2. The van der Waals surface area contributed by atoms with Crippen molar-refractivity contribution in [2.45, 2.75) is 0 Å². The molecule has 0 aromatic heterocycles. The van der Waals surface area contributed by atoms with E-state index in [2.05, 4.69) is 0 Å². The Kier molecular flexibility index (Phi) is 2.63. The Morgan fingerprint density at radius 2 is 1.38 bits per heavy atom. The normalized spacial score (nSPS) is 19.1. The minimum absolute atomic E-state index is 0.301. The van der Waals surface area contributed by atoms with E-state index in [-0.39, 0.29) is 5.82 Å². The van der Waals surface area contributed by atoms with Gasteiger partial charge in [-0.2, -0.15) is 0 Å². The van der Waals surface area contributed by atoms with Gasteiger partial charge >= 0.3 is 0 Å². The monoisotopic (exact) mass is 294 g/mol. The second kappa shape index (κ2) is 4.41. The molecule has 1 aliphatic rings. The molecule has 21 heavy (non-hydrogen) atoms. The molecule has 0 fully saturated rings. The number of hydrogen-bond acceptors (Lipinski definition) is 1. The lowest BCUT2D eigenvalue weighted by atomic mass is 10.1. The number of rotatable bonds is 1. The highest BCUT2D eigenvalue weighted by Gasteiger charge is 2.39. The first-order valence-corrected chi connectivity index (χ1v) is 8.48. The lowest BCUT2D eigenvalue weighted by Crippen LogP contribution is -2.20. The van der Waals surface area contributed by atoms with Crippen LogP contribution in [-0.4, -0.2) is 0 Å². The van der Waals surface area contributed by atoms with E-state index in [4.69, 9.17) is 0 Å². The molecule has 0 saturated heterocycles. The van der Waals surface area contributed by atoms with E-state index in [9.17, 15) is 8.96 Å². The Bertz CT molecular complexity index is 887. The molecule has 1 heterocycles. The van der Waals surface area contributed by atoms with Crippen LogP contribution in [0.5, 0.6) is 0 Å². The van der Waals surface area contributed by atoms with Crippen LogP contribution in [0.2, 0.25) is 0 Å². The van der Waals surface area contributed by atoms with Crippen LogP contribution in [0.4, 0.5) is 4.39 Å². The number of hydrogen-bond donors (Lipinski definition) is 0. The summed E-state index contributed by atoms with van der Waals surface area (Å²) >= 11 is 0. The number of fused-ring (bicyclic) bond motifs is 3. The van der Waals surface area contributed by atoms with Gasteiger partial charge in [0.1, 0.15) is 5.82 Å². The highest BCUT2D eigenvalue weighted by Crippen LogP contribution is 2.51. The average Bonchev–Trinajstić information content (AvgIpc) is 2.79. The van der Waals surface area contributed by atoms with Gasteiger partial charge in [-0.3, -0.25) is 0 Å². The predicted molar refractivity (Wildman–Crippen MR) is 84.8 cm³/mol. The molecule has 0 N–H and O–H groups in total. The summed E-state index contributed by atoms with van der Waals surface area (Å²) in [6, 6.07) is 21.6. The van der Waals surface area contributed by atoms with Crippen molar-refractivity contribution in [1.29, 1.82) is 0 Å². The van der Waals surface area contributed by atoms with Gasteiger partial charge < -0.3 is 4.57 Å². The Morgan fingerprint density at radius 3 is 2.19 bits per heavy atom. The first kappa shape index (κ1) is 12.6. The van der Waals surface area contributed by atoms with Crippen molar-refractivity contribution in [3.05, 3.63) is 78.6 Å². The van der Waals surface area contributed by atoms with Gasteiger partial charge in [-0.25, -0.2) is 4.39 Å². The fourth-order valence-corrected chi connectivity index (χ4v) is 6.07. The van der Waals surface area contributed by atoms with Gasteiger partial charge in [0, 0.05) is 15.9 Å². The van der Waals surface area contributed by atoms with Gasteiger partial charge in [-0.05, 0) is 29.3 Å². The van der Waals surface area contributed by atoms with Crippen LogP contribution in [0.25, 0.3) is 11.1 Å². The zero-order valence-corrected chi connectivity index (χ0v) is 12.1. The van der Waals surface area contributed by atoms with Gasteiger partial charge in [0.25, 0.3) is 0 Å². The van der Waals surface area contributed by atoms with Crippen molar-refractivity contribution in [1.82, 2.24) is 0 Å². The second-order valence-electron chi connectivity index (χ2n) is 5.12.